The molecule has 0 unspecified atom stereocenters. The van der Waals surface area contributed by atoms with Gasteiger partial charge in [0, 0.05) is 29.2 Å². The minimum absolute atomic E-state index is 0.116. The molecule has 170 valence electrons. The van der Waals surface area contributed by atoms with Crippen molar-refractivity contribution >= 4 is 34.9 Å². The molecule has 0 aliphatic carbocycles. The summed E-state index contributed by atoms with van der Waals surface area (Å²) in [5.41, 5.74) is -0.392. The molecule has 2 rings (SSSR count). The maximum absolute atomic E-state index is 12.9. The first kappa shape index (κ1) is 24.9. The van der Waals surface area contributed by atoms with E-state index in [-0.39, 0.29) is 5.41 Å². The maximum Gasteiger partial charge on any atom is 0.407 e. The van der Waals surface area contributed by atoms with E-state index >= 15 is 0 Å². The Morgan fingerprint density at radius 2 is 1.87 bits per heavy atom. The Kier molecular flexibility index (Phi) is 7.94. The maximum atomic E-state index is 12.9. The normalized spacial score (nSPS) is 12.6. The molecule has 0 fully saturated rings. The van der Waals surface area contributed by atoms with Crippen LogP contribution in [0.4, 0.5) is 4.79 Å². The largest absolute Gasteiger partial charge is 0.496 e. The number of rotatable bonds is 5. The summed E-state index contributed by atoms with van der Waals surface area (Å²) in [6.07, 6.45) is 1.47. The van der Waals surface area contributed by atoms with E-state index in [1.165, 1.54) is 18.4 Å². The molecule has 7 nitrogen and oxygen atoms in total. The first-order valence-electron chi connectivity index (χ1n) is 9.90. The van der Waals surface area contributed by atoms with Crippen LogP contribution in [0.25, 0.3) is 0 Å². The lowest BCUT2D eigenvalue weighted by molar-refractivity contribution is 0.0525. The zero-order chi connectivity index (χ0) is 23.4. The second kappa shape index (κ2) is 9.87. The van der Waals surface area contributed by atoms with Crippen LogP contribution in [-0.4, -0.2) is 35.8 Å². The van der Waals surface area contributed by atoms with E-state index in [0.29, 0.717) is 34.2 Å². The number of amides is 2. The smallest absolute Gasteiger partial charge is 0.407 e. The zero-order valence-corrected chi connectivity index (χ0v) is 20.6. The fourth-order valence-corrected chi connectivity index (χ4v) is 3.81. The Balaban J connectivity index is 2.32. The van der Waals surface area contributed by atoms with Gasteiger partial charge in [-0.1, -0.05) is 32.4 Å². The number of nitrogens with zero attached hydrogens (tertiary/aromatic N) is 2. The Hall–Kier alpha value is -2.32. The number of ether oxygens (including phenoxy) is 2. The highest BCUT2D eigenvalue weighted by atomic mass is 35.5. The first-order valence-corrected chi connectivity index (χ1v) is 11.1. The van der Waals surface area contributed by atoms with Crippen molar-refractivity contribution in [2.75, 3.05) is 13.7 Å². The predicted octanol–water partition coefficient (Wildman–Crippen LogP) is 4.77. The van der Waals surface area contributed by atoms with Crippen molar-refractivity contribution in [3.8, 4) is 5.75 Å². The predicted molar refractivity (Wildman–Crippen MR) is 123 cm³/mol. The molecule has 1 aromatic heterocycles. The van der Waals surface area contributed by atoms with Gasteiger partial charge in [0.05, 0.1) is 12.7 Å². The van der Waals surface area contributed by atoms with Gasteiger partial charge in [0.25, 0.3) is 5.91 Å². The lowest BCUT2D eigenvalue weighted by atomic mass is 9.95. The van der Waals surface area contributed by atoms with Crippen LogP contribution in [0.2, 0.25) is 5.02 Å². The van der Waals surface area contributed by atoms with Crippen LogP contribution >= 0.6 is 22.9 Å². The molecule has 1 N–H and O–H groups in total. The molecule has 31 heavy (non-hydrogen) atoms. The van der Waals surface area contributed by atoms with Gasteiger partial charge in [-0.25, -0.2) is 4.79 Å². The molecule has 0 atom stereocenters. The summed E-state index contributed by atoms with van der Waals surface area (Å²) >= 11 is 7.49. The van der Waals surface area contributed by atoms with Gasteiger partial charge in [-0.05, 0) is 44.4 Å². The van der Waals surface area contributed by atoms with Gasteiger partial charge >= 0.3 is 6.09 Å². The van der Waals surface area contributed by atoms with E-state index in [1.807, 2.05) is 31.5 Å². The molecule has 0 radical (unpaired) electrons. The van der Waals surface area contributed by atoms with Crippen molar-refractivity contribution in [3.05, 3.63) is 44.7 Å². The van der Waals surface area contributed by atoms with Gasteiger partial charge in [0.15, 0.2) is 4.80 Å². The van der Waals surface area contributed by atoms with Crippen molar-refractivity contribution in [2.45, 2.75) is 59.1 Å². The van der Waals surface area contributed by atoms with Gasteiger partial charge in [-0.2, -0.15) is 4.99 Å². The lowest BCUT2D eigenvalue weighted by Crippen LogP contribution is -2.35. The second-order valence-corrected chi connectivity index (χ2v) is 10.5. The lowest BCUT2D eigenvalue weighted by Gasteiger charge is -2.19. The Bertz CT molecular complexity index is 1010. The third-order valence-electron chi connectivity index (χ3n) is 4.07. The van der Waals surface area contributed by atoms with E-state index in [0.717, 1.165) is 4.88 Å². The number of methoxy groups -OCH3 is 1. The van der Waals surface area contributed by atoms with Gasteiger partial charge in [-0.3, -0.25) is 4.79 Å². The van der Waals surface area contributed by atoms with Crippen LogP contribution in [0.15, 0.2) is 29.4 Å². The summed E-state index contributed by atoms with van der Waals surface area (Å²) < 4.78 is 12.4. The fraction of sp³-hybridized carbons (Fsp3) is 0.500. The number of thiazole rings is 1. The minimum Gasteiger partial charge on any atom is -0.496 e. The highest BCUT2D eigenvalue weighted by Crippen LogP contribution is 2.25. The van der Waals surface area contributed by atoms with Gasteiger partial charge in [-0.15, -0.1) is 11.3 Å². The molecule has 1 aromatic carbocycles. The van der Waals surface area contributed by atoms with Crippen molar-refractivity contribution < 1.29 is 19.1 Å². The van der Waals surface area contributed by atoms with Gasteiger partial charge in [0.2, 0.25) is 0 Å². The molecular formula is C22H30ClN3O4S. The van der Waals surface area contributed by atoms with Crippen molar-refractivity contribution in [1.82, 2.24) is 9.88 Å². The number of carbonyl (C=O) groups excluding carboxylic acids is 2. The summed E-state index contributed by atoms with van der Waals surface area (Å²) in [4.78, 5) is 30.7. The molecule has 0 saturated carbocycles. The van der Waals surface area contributed by atoms with Crippen LogP contribution in [0.3, 0.4) is 0 Å². The summed E-state index contributed by atoms with van der Waals surface area (Å²) in [6.45, 7) is 12.5. The van der Waals surface area contributed by atoms with E-state index in [2.05, 4.69) is 31.1 Å². The second-order valence-electron chi connectivity index (χ2n) is 9.01. The van der Waals surface area contributed by atoms with Crippen LogP contribution in [0.1, 0.15) is 56.8 Å². The average molecular weight is 468 g/mol. The zero-order valence-electron chi connectivity index (χ0n) is 19.0. The Morgan fingerprint density at radius 1 is 1.19 bits per heavy atom. The molecule has 2 amide bonds. The van der Waals surface area contributed by atoms with E-state index < -0.39 is 17.6 Å². The number of halogens is 1. The van der Waals surface area contributed by atoms with E-state index in [1.54, 1.807) is 18.2 Å². The highest BCUT2D eigenvalue weighted by Gasteiger charge is 2.20. The third kappa shape index (κ3) is 7.40. The number of aromatic nitrogens is 1. The Morgan fingerprint density at radius 3 is 2.45 bits per heavy atom. The quantitative estimate of drug-likeness (QED) is 0.686. The van der Waals surface area contributed by atoms with Crippen molar-refractivity contribution in [1.29, 1.82) is 0 Å². The van der Waals surface area contributed by atoms with Crippen LogP contribution in [0.5, 0.6) is 5.75 Å². The van der Waals surface area contributed by atoms with E-state index in [4.69, 9.17) is 21.1 Å². The molecule has 2 aromatic rings. The monoisotopic (exact) mass is 467 g/mol. The summed E-state index contributed by atoms with van der Waals surface area (Å²) in [5, 5.41) is 3.16. The number of hydrogen-bond acceptors (Lipinski definition) is 5. The topological polar surface area (TPSA) is 81.9 Å². The number of hydrogen-bond donors (Lipinski definition) is 1. The molecule has 1 heterocycles. The van der Waals surface area contributed by atoms with Gasteiger partial charge in [0.1, 0.15) is 11.4 Å². The Labute approximate surface area is 192 Å². The third-order valence-corrected chi connectivity index (χ3v) is 5.75. The first-order chi connectivity index (χ1) is 14.3. The van der Waals surface area contributed by atoms with Crippen molar-refractivity contribution in [2.24, 2.45) is 4.99 Å². The molecule has 0 saturated heterocycles. The number of benzene rings is 1. The molecule has 9 heteroatoms. The van der Waals surface area contributed by atoms with Crippen LogP contribution in [0, 0.1) is 0 Å². The van der Waals surface area contributed by atoms with Gasteiger partial charge < -0.3 is 19.4 Å². The summed E-state index contributed by atoms with van der Waals surface area (Å²) in [6, 6.07) is 4.83. The SMILES string of the molecule is COc1ccc(Cl)cc1C(=O)N=c1sc(C(C)(C)C)cn1CCNC(=O)OC(C)(C)C. The van der Waals surface area contributed by atoms with Crippen LogP contribution in [-0.2, 0) is 16.7 Å². The van der Waals surface area contributed by atoms with Crippen molar-refractivity contribution in [3.63, 3.8) is 0 Å². The molecule has 0 aliphatic rings. The van der Waals surface area contributed by atoms with Crippen LogP contribution < -0.4 is 14.9 Å². The molecule has 0 spiro atoms. The molecular weight excluding hydrogens is 438 g/mol. The molecule has 0 bridgehead atoms. The molecule has 0 aliphatic heterocycles. The summed E-state index contributed by atoms with van der Waals surface area (Å²) in [7, 11) is 1.49. The number of carbonyl (C=O) groups is 2. The minimum atomic E-state index is -0.568. The number of nitrogens with one attached hydrogen (secondary N) is 1. The summed E-state index contributed by atoms with van der Waals surface area (Å²) in [5.74, 6) is -0.0422. The van der Waals surface area contributed by atoms with E-state index in [9.17, 15) is 9.59 Å². The highest BCUT2D eigenvalue weighted by molar-refractivity contribution is 7.09. The number of alkyl carbamates (subject to hydrolysis) is 1. The fourth-order valence-electron chi connectivity index (χ4n) is 2.56. The average Bonchev–Trinajstić information content (AvgIpc) is 3.03. The standard InChI is InChI=1S/C22H30ClN3O4S/c1-21(2,3)17-13-26(11-10-24-20(28)30-22(4,5)6)19(31-17)25-18(27)15-12-14(23)8-9-16(15)29-7/h8-9,12-13H,10-11H2,1-7H3,(H,24,28).